The maximum Gasteiger partial charge on any atom is 0.238 e. The largest absolute Gasteiger partial charge is 0.330 e. The van der Waals surface area contributed by atoms with Gasteiger partial charge in [-0.15, -0.1) is 12.4 Å². The number of hydrogen-bond acceptors (Lipinski definition) is 4. The van der Waals surface area contributed by atoms with Gasteiger partial charge in [-0.1, -0.05) is 0 Å². The number of nitrogens with one attached hydrogen (secondary N) is 2. The highest BCUT2D eigenvalue weighted by Gasteiger charge is 2.31. The number of rotatable bonds is 2. The first-order valence-corrected chi connectivity index (χ1v) is 3.91. The van der Waals surface area contributed by atoms with Crippen molar-refractivity contribution in [3.63, 3.8) is 0 Å². The Kier molecular flexibility index (Phi) is 4.82. The summed E-state index contributed by atoms with van der Waals surface area (Å²) in [6.45, 7) is 0.304. The predicted molar refractivity (Wildman–Crippen MR) is 53.3 cm³/mol. The summed E-state index contributed by atoms with van der Waals surface area (Å²) in [5.74, 6) is -1.43. The third kappa shape index (κ3) is 2.91. The van der Waals surface area contributed by atoms with Crippen LogP contribution < -0.4 is 16.4 Å². The van der Waals surface area contributed by atoms with Crippen molar-refractivity contribution in [2.24, 2.45) is 11.7 Å². The van der Waals surface area contributed by atoms with Gasteiger partial charge < -0.3 is 16.4 Å². The van der Waals surface area contributed by atoms with Gasteiger partial charge >= 0.3 is 0 Å². The molecular formula is C6H10ClN3O2S. The topological polar surface area (TPSA) is 84.2 Å². The van der Waals surface area contributed by atoms with E-state index in [0.29, 0.717) is 13.0 Å². The third-order valence-electron chi connectivity index (χ3n) is 1.56. The van der Waals surface area contributed by atoms with Crippen molar-refractivity contribution in [2.45, 2.75) is 6.42 Å². The van der Waals surface area contributed by atoms with Crippen LogP contribution in [0.1, 0.15) is 6.42 Å². The summed E-state index contributed by atoms with van der Waals surface area (Å²) < 4.78 is 0. The number of amides is 2. The van der Waals surface area contributed by atoms with Crippen LogP contribution >= 0.6 is 24.6 Å². The predicted octanol–water partition coefficient (Wildman–Crippen LogP) is -1.10. The first-order chi connectivity index (χ1) is 5.65. The molecule has 7 heteroatoms. The lowest BCUT2D eigenvalue weighted by Crippen LogP contribution is -2.55. The van der Waals surface area contributed by atoms with E-state index in [-0.39, 0.29) is 29.3 Å². The summed E-state index contributed by atoms with van der Waals surface area (Å²) in [6.07, 6.45) is 0.347. The van der Waals surface area contributed by atoms with Gasteiger partial charge in [-0.3, -0.25) is 9.59 Å². The zero-order valence-corrected chi connectivity index (χ0v) is 8.33. The van der Waals surface area contributed by atoms with Crippen molar-refractivity contribution in [1.82, 2.24) is 10.6 Å². The molecule has 5 nitrogen and oxygen atoms in total. The molecule has 0 spiro atoms. The Morgan fingerprint density at radius 3 is 2.15 bits per heavy atom. The van der Waals surface area contributed by atoms with E-state index in [9.17, 15) is 9.59 Å². The molecule has 0 atom stereocenters. The molecule has 2 amide bonds. The van der Waals surface area contributed by atoms with Crippen molar-refractivity contribution in [3.8, 4) is 0 Å². The highest BCUT2D eigenvalue weighted by Crippen LogP contribution is 2.05. The Balaban J connectivity index is 0.00000144. The lowest BCUT2D eigenvalue weighted by molar-refractivity contribution is -0.135. The second kappa shape index (κ2) is 5.11. The molecule has 0 aromatic rings. The smallest absolute Gasteiger partial charge is 0.238 e. The summed E-state index contributed by atoms with van der Waals surface area (Å²) in [7, 11) is 0. The molecule has 1 aliphatic heterocycles. The van der Waals surface area contributed by atoms with E-state index in [1.807, 2.05) is 0 Å². The molecular weight excluding hydrogens is 214 g/mol. The molecule has 74 valence electrons. The molecule has 1 heterocycles. The van der Waals surface area contributed by atoms with Crippen LogP contribution in [0.5, 0.6) is 0 Å². The van der Waals surface area contributed by atoms with Crippen LogP contribution in [0.15, 0.2) is 0 Å². The average Bonchev–Trinajstić information content (AvgIpc) is 1.96. The third-order valence-corrected chi connectivity index (χ3v) is 1.77. The van der Waals surface area contributed by atoms with Crippen molar-refractivity contribution in [1.29, 1.82) is 0 Å². The lowest BCUT2D eigenvalue weighted by Gasteiger charge is -2.21. The molecule has 4 N–H and O–H groups in total. The molecule has 0 aromatic heterocycles. The number of hydrogen-bond donors (Lipinski definition) is 3. The standard InChI is InChI=1S/C6H9N3O2S.ClH/c7-2-1-3-4(10)8-6(12)9-5(3)11;/h3H,1-2,7H2,(H2,8,9,10,11,12);1H. The van der Waals surface area contributed by atoms with Gasteiger partial charge in [0.05, 0.1) is 0 Å². The van der Waals surface area contributed by atoms with Crippen molar-refractivity contribution in [3.05, 3.63) is 0 Å². The summed E-state index contributed by atoms with van der Waals surface area (Å²) in [4.78, 5) is 22.2. The van der Waals surface area contributed by atoms with Crippen LogP contribution in [-0.4, -0.2) is 23.5 Å². The molecule has 13 heavy (non-hydrogen) atoms. The van der Waals surface area contributed by atoms with Crippen LogP contribution in [0.25, 0.3) is 0 Å². The highest BCUT2D eigenvalue weighted by molar-refractivity contribution is 7.80. The van der Waals surface area contributed by atoms with E-state index < -0.39 is 5.92 Å². The SMILES string of the molecule is Cl.NCCC1C(=O)NC(=S)NC1=O. The van der Waals surface area contributed by atoms with Gasteiger partial charge in [0.1, 0.15) is 5.92 Å². The Morgan fingerprint density at radius 2 is 1.77 bits per heavy atom. The number of nitrogens with two attached hydrogens (primary N) is 1. The molecule has 1 rings (SSSR count). The minimum absolute atomic E-state index is 0. The number of carbonyl (C=O) groups excluding carboxylic acids is 2. The van der Waals surface area contributed by atoms with Gasteiger partial charge in [-0.2, -0.15) is 0 Å². The Bertz CT molecular complexity index is 226. The van der Waals surface area contributed by atoms with E-state index >= 15 is 0 Å². The normalized spacial score (nSPS) is 17.5. The summed E-state index contributed by atoms with van der Waals surface area (Å²) >= 11 is 4.60. The van der Waals surface area contributed by atoms with Crippen LogP contribution in [0.4, 0.5) is 0 Å². The molecule has 0 aromatic carbocycles. The molecule has 0 bridgehead atoms. The lowest BCUT2D eigenvalue weighted by atomic mass is 10.0. The minimum atomic E-state index is -0.693. The van der Waals surface area contributed by atoms with Crippen molar-refractivity contribution < 1.29 is 9.59 Å². The maximum absolute atomic E-state index is 11.1. The molecule has 1 fully saturated rings. The van der Waals surface area contributed by atoms with Gasteiger partial charge in [0, 0.05) is 0 Å². The van der Waals surface area contributed by atoms with Gasteiger partial charge in [-0.05, 0) is 25.2 Å². The highest BCUT2D eigenvalue weighted by atomic mass is 35.5. The molecule has 0 radical (unpaired) electrons. The fourth-order valence-corrected chi connectivity index (χ4v) is 1.18. The van der Waals surface area contributed by atoms with Gasteiger partial charge in [0.2, 0.25) is 11.8 Å². The molecule has 0 aliphatic carbocycles. The average molecular weight is 224 g/mol. The van der Waals surface area contributed by atoms with Gasteiger partial charge in [0.25, 0.3) is 0 Å². The Hall–Kier alpha value is -0.720. The van der Waals surface area contributed by atoms with E-state index in [2.05, 4.69) is 22.9 Å². The zero-order valence-electron chi connectivity index (χ0n) is 6.70. The first kappa shape index (κ1) is 12.3. The summed E-state index contributed by atoms with van der Waals surface area (Å²) in [6, 6.07) is 0. The molecule has 0 unspecified atom stereocenters. The quantitative estimate of drug-likeness (QED) is 0.410. The van der Waals surface area contributed by atoms with Crippen LogP contribution in [-0.2, 0) is 9.59 Å². The molecule has 1 saturated heterocycles. The maximum atomic E-state index is 11.1. The van der Waals surface area contributed by atoms with Crippen LogP contribution in [0.3, 0.4) is 0 Å². The minimum Gasteiger partial charge on any atom is -0.330 e. The Labute approximate surface area is 86.8 Å². The fourth-order valence-electron chi connectivity index (χ4n) is 0.977. The Morgan fingerprint density at radius 1 is 1.31 bits per heavy atom. The van der Waals surface area contributed by atoms with E-state index in [1.165, 1.54) is 0 Å². The summed E-state index contributed by atoms with van der Waals surface area (Å²) in [5, 5.41) is 4.77. The molecule has 1 aliphatic rings. The van der Waals surface area contributed by atoms with Gasteiger partial charge in [0.15, 0.2) is 5.11 Å². The van der Waals surface area contributed by atoms with Gasteiger partial charge in [-0.25, -0.2) is 0 Å². The number of halogens is 1. The second-order valence-electron chi connectivity index (χ2n) is 2.44. The van der Waals surface area contributed by atoms with E-state index in [1.54, 1.807) is 0 Å². The molecule has 0 saturated carbocycles. The van der Waals surface area contributed by atoms with Crippen molar-refractivity contribution >= 4 is 41.6 Å². The zero-order chi connectivity index (χ0) is 9.14. The number of thiocarbonyl (C=S) groups is 1. The first-order valence-electron chi connectivity index (χ1n) is 3.51. The number of carbonyl (C=O) groups is 2. The van der Waals surface area contributed by atoms with Crippen LogP contribution in [0, 0.1) is 5.92 Å². The monoisotopic (exact) mass is 223 g/mol. The van der Waals surface area contributed by atoms with Crippen LogP contribution in [0.2, 0.25) is 0 Å². The summed E-state index contributed by atoms with van der Waals surface area (Å²) in [5.41, 5.74) is 5.23. The van der Waals surface area contributed by atoms with Crippen molar-refractivity contribution in [2.75, 3.05) is 6.54 Å². The van der Waals surface area contributed by atoms with E-state index in [4.69, 9.17) is 5.73 Å². The fraction of sp³-hybridized carbons (Fsp3) is 0.500. The second-order valence-corrected chi connectivity index (χ2v) is 2.85. The van der Waals surface area contributed by atoms with E-state index in [0.717, 1.165) is 0 Å².